The van der Waals surface area contributed by atoms with Crippen LogP contribution in [-0.2, 0) is 16.5 Å². The highest BCUT2D eigenvalue weighted by Gasteiger charge is 2.28. The summed E-state index contributed by atoms with van der Waals surface area (Å²) in [6, 6.07) is 9.08. The van der Waals surface area contributed by atoms with Gasteiger partial charge in [0.15, 0.2) is 0 Å². The Bertz CT molecular complexity index is 1540. The number of ether oxygens (including phenoxy) is 2. The molecule has 4 rings (SSSR count). The first-order valence-corrected chi connectivity index (χ1v) is 12.6. The minimum absolute atomic E-state index is 0.143. The third kappa shape index (κ3) is 4.84. The summed E-state index contributed by atoms with van der Waals surface area (Å²) >= 11 is 0.982. The van der Waals surface area contributed by atoms with Crippen LogP contribution in [0.15, 0.2) is 30.3 Å². The molecule has 0 atom stereocenters. The maximum Gasteiger partial charge on any atom is 0.348 e. The second-order valence-electron chi connectivity index (χ2n) is 8.58. The minimum Gasteiger partial charge on any atom is -0.465 e. The molecule has 0 aliphatic heterocycles. The quantitative estimate of drug-likeness (QED) is 0.332. The normalized spacial score (nSPS) is 11.0. The zero-order chi connectivity index (χ0) is 26.9. The van der Waals surface area contributed by atoms with E-state index in [0.717, 1.165) is 28.3 Å². The molecule has 0 saturated carbocycles. The maximum atomic E-state index is 13.7. The average molecular weight is 521 g/mol. The number of aromatic nitrogens is 3. The van der Waals surface area contributed by atoms with E-state index in [-0.39, 0.29) is 22.0 Å². The van der Waals surface area contributed by atoms with Crippen LogP contribution in [-0.4, -0.2) is 46.3 Å². The van der Waals surface area contributed by atoms with Crippen LogP contribution in [0.2, 0.25) is 0 Å². The number of nitrogens with one attached hydrogen (secondary N) is 1. The molecule has 0 radical (unpaired) electrons. The fourth-order valence-electron chi connectivity index (χ4n) is 4.21. The van der Waals surface area contributed by atoms with Crippen molar-refractivity contribution in [3.63, 3.8) is 0 Å². The van der Waals surface area contributed by atoms with Crippen molar-refractivity contribution < 1.29 is 23.9 Å². The zero-order valence-electron chi connectivity index (χ0n) is 21.6. The lowest BCUT2D eigenvalue weighted by Gasteiger charge is -2.11. The number of anilines is 1. The van der Waals surface area contributed by atoms with Gasteiger partial charge in [0.05, 0.1) is 41.7 Å². The molecule has 0 aliphatic carbocycles. The first-order valence-electron chi connectivity index (χ1n) is 11.8. The number of methoxy groups -OCH3 is 1. The van der Waals surface area contributed by atoms with Crippen molar-refractivity contribution in [3.8, 4) is 11.3 Å². The molecule has 3 heterocycles. The van der Waals surface area contributed by atoms with E-state index in [1.54, 1.807) is 17.7 Å². The van der Waals surface area contributed by atoms with Gasteiger partial charge in [-0.05, 0) is 44.9 Å². The van der Waals surface area contributed by atoms with Crippen molar-refractivity contribution in [2.24, 2.45) is 7.05 Å². The highest BCUT2D eigenvalue weighted by Crippen LogP contribution is 2.36. The molecule has 4 aromatic rings. The fourth-order valence-corrected chi connectivity index (χ4v) is 5.32. The fraction of sp³-hybridized carbons (Fsp3) is 0.296. The van der Waals surface area contributed by atoms with Crippen LogP contribution in [0.4, 0.5) is 5.00 Å². The maximum absolute atomic E-state index is 13.7. The van der Waals surface area contributed by atoms with Gasteiger partial charge >= 0.3 is 11.9 Å². The van der Waals surface area contributed by atoms with Crippen molar-refractivity contribution in [3.05, 3.63) is 63.3 Å². The predicted octanol–water partition coefficient (Wildman–Crippen LogP) is 5.23. The summed E-state index contributed by atoms with van der Waals surface area (Å²) in [5.41, 5.74) is 4.75. The Balaban J connectivity index is 1.83. The Morgan fingerprint density at radius 1 is 1.11 bits per heavy atom. The van der Waals surface area contributed by atoms with Gasteiger partial charge in [0.25, 0.3) is 5.91 Å². The van der Waals surface area contributed by atoms with E-state index in [0.29, 0.717) is 34.1 Å². The second-order valence-corrected chi connectivity index (χ2v) is 9.60. The van der Waals surface area contributed by atoms with Crippen LogP contribution < -0.4 is 5.32 Å². The molecule has 0 bridgehead atoms. The summed E-state index contributed by atoms with van der Waals surface area (Å²) in [5.74, 6) is -1.64. The Morgan fingerprint density at radius 3 is 2.49 bits per heavy atom. The van der Waals surface area contributed by atoms with E-state index in [4.69, 9.17) is 14.5 Å². The lowest BCUT2D eigenvalue weighted by Crippen LogP contribution is -2.16. The topological polar surface area (TPSA) is 112 Å². The highest BCUT2D eigenvalue weighted by atomic mass is 32.1. The van der Waals surface area contributed by atoms with E-state index in [1.165, 1.54) is 7.11 Å². The van der Waals surface area contributed by atoms with Gasteiger partial charge in [0.1, 0.15) is 9.88 Å². The number of fused-ring (bicyclic) bond motifs is 1. The van der Waals surface area contributed by atoms with Crippen molar-refractivity contribution in [2.45, 2.75) is 34.1 Å². The SMILES string of the molecule is CCCOC(=O)c1c(NC(=O)c2cc(-c3c(C)nn(C)c3C)nc3ccccc23)sc(C(=O)OC)c1C. The molecule has 1 aromatic carbocycles. The van der Waals surface area contributed by atoms with Crippen LogP contribution in [0.3, 0.4) is 0 Å². The summed E-state index contributed by atoms with van der Waals surface area (Å²) in [6.07, 6.45) is 0.638. The standard InChI is InChI=1S/C27H28N4O5S/c1-7-12-36-26(33)21-14(2)23(27(34)35-6)37-25(21)29-24(32)18-13-20(22-15(3)30-31(5)16(22)4)28-19-11-9-8-10-17(18)19/h8-11,13H,7,12H2,1-6H3,(H,29,32). The Morgan fingerprint density at radius 2 is 1.84 bits per heavy atom. The molecular weight excluding hydrogens is 492 g/mol. The van der Waals surface area contributed by atoms with Crippen LogP contribution in [0, 0.1) is 20.8 Å². The number of thiophene rings is 1. The van der Waals surface area contributed by atoms with Crippen molar-refractivity contribution >= 4 is 45.1 Å². The van der Waals surface area contributed by atoms with Crippen LogP contribution in [0.5, 0.6) is 0 Å². The van der Waals surface area contributed by atoms with Gasteiger partial charge < -0.3 is 14.8 Å². The summed E-state index contributed by atoms with van der Waals surface area (Å²) < 4.78 is 12.0. The number of aryl methyl sites for hydroxylation is 2. The molecule has 0 aliphatic rings. The minimum atomic E-state index is -0.608. The summed E-state index contributed by atoms with van der Waals surface area (Å²) in [7, 11) is 3.12. The molecule has 1 amide bonds. The molecule has 0 fully saturated rings. The van der Waals surface area contributed by atoms with Gasteiger partial charge in [-0.2, -0.15) is 5.10 Å². The van der Waals surface area contributed by atoms with E-state index in [9.17, 15) is 14.4 Å². The van der Waals surface area contributed by atoms with Gasteiger partial charge in [-0.1, -0.05) is 25.1 Å². The second kappa shape index (κ2) is 10.5. The number of hydrogen-bond acceptors (Lipinski definition) is 8. The summed E-state index contributed by atoms with van der Waals surface area (Å²) in [5, 5.41) is 8.21. The van der Waals surface area contributed by atoms with E-state index in [2.05, 4.69) is 10.4 Å². The van der Waals surface area contributed by atoms with E-state index >= 15 is 0 Å². The lowest BCUT2D eigenvalue weighted by molar-refractivity contribution is 0.0506. The Hall–Kier alpha value is -4.05. The number of nitrogens with zero attached hydrogens (tertiary/aromatic N) is 3. The smallest absolute Gasteiger partial charge is 0.348 e. The summed E-state index contributed by atoms with van der Waals surface area (Å²) in [6.45, 7) is 7.58. The molecule has 0 saturated heterocycles. The number of carbonyl (C=O) groups excluding carboxylic acids is 3. The van der Waals surface area contributed by atoms with Crippen LogP contribution in [0.25, 0.3) is 22.2 Å². The number of esters is 2. The van der Waals surface area contributed by atoms with Gasteiger partial charge in [-0.25, -0.2) is 14.6 Å². The molecular formula is C27H28N4O5S. The predicted molar refractivity (Wildman–Crippen MR) is 142 cm³/mol. The number of rotatable bonds is 7. The van der Waals surface area contributed by atoms with Crippen molar-refractivity contribution in [1.29, 1.82) is 0 Å². The van der Waals surface area contributed by atoms with Gasteiger partial charge in [0.2, 0.25) is 0 Å². The Labute approximate surface area is 218 Å². The molecule has 0 unspecified atom stereocenters. The number of carbonyl (C=O) groups is 3. The number of para-hydroxylation sites is 1. The van der Waals surface area contributed by atoms with Crippen LogP contribution >= 0.6 is 11.3 Å². The molecule has 192 valence electrons. The number of hydrogen-bond donors (Lipinski definition) is 1. The van der Waals surface area contributed by atoms with Crippen molar-refractivity contribution in [1.82, 2.24) is 14.8 Å². The molecule has 1 N–H and O–H groups in total. The average Bonchev–Trinajstić information content (AvgIpc) is 3.34. The third-order valence-corrected chi connectivity index (χ3v) is 7.30. The molecule has 0 spiro atoms. The number of benzene rings is 1. The lowest BCUT2D eigenvalue weighted by atomic mass is 10.0. The van der Waals surface area contributed by atoms with E-state index in [1.807, 2.05) is 52.1 Å². The first-order chi connectivity index (χ1) is 17.7. The first kappa shape index (κ1) is 26.0. The largest absolute Gasteiger partial charge is 0.465 e. The van der Waals surface area contributed by atoms with Gasteiger partial charge in [0, 0.05) is 23.7 Å². The Kier molecular flexibility index (Phi) is 7.40. The van der Waals surface area contributed by atoms with Gasteiger partial charge in [-0.3, -0.25) is 9.48 Å². The molecule has 9 nitrogen and oxygen atoms in total. The highest BCUT2D eigenvalue weighted by molar-refractivity contribution is 7.18. The molecule has 3 aromatic heterocycles. The van der Waals surface area contributed by atoms with Gasteiger partial charge in [-0.15, -0.1) is 11.3 Å². The molecule has 10 heteroatoms. The molecule has 37 heavy (non-hydrogen) atoms. The third-order valence-electron chi connectivity index (χ3n) is 6.11. The van der Waals surface area contributed by atoms with E-state index < -0.39 is 17.8 Å². The number of pyridine rings is 1. The zero-order valence-corrected chi connectivity index (χ0v) is 22.4. The monoisotopic (exact) mass is 520 g/mol. The van der Waals surface area contributed by atoms with Crippen LogP contribution in [0.1, 0.15) is 60.7 Å². The summed E-state index contributed by atoms with van der Waals surface area (Å²) in [4.78, 5) is 44.0. The van der Waals surface area contributed by atoms with Crippen molar-refractivity contribution in [2.75, 3.05) is 19.0 Å². The number of amides is 1.